The number of carbonyl (C=O) groups excluding carboxylic acids is 1. The number of pyridine rings is 1. The van der Waals surface area contributed by atoms with Crippen molar-refractivity contribution >= 4 is 17.4 Å². The molecule has 7 nitrogen and oxygen atoms in total. The van der Waals surface area contributed by atoms with Crippen LogP contribution in [0.15, 0.2) is 18.3 Å². The standard InChI is InChI=1S/C10H10N4O3/c1-2-5-11-9(15)7-13-10-8(14(16)17)4-3-6-12-10/h1,3-4,6H,5,7H2,(H,11,15)(H,12,13). The van der Waals surface area contributed by atoms with Crippen molar-refractivity contribution in [3.8, 4) is 12.3 Å². The minimum atomic E-state index is -0.575. The summed E-state index contributed by atoms with van der Waals surface area (Å²) in [7, 11) is 0. The number of amides is 1. The van der Waals surface area contributed by atoms with E-state index in [9.17, 15) is 14.9 Å². The summed E-state index contributed by atoms with van der Waals surface area (Å²) in [6, 6.07) is 2.75. The van der Waals surface area contributed by atoms with Crippen LogP contribution in [-0.4, -0.2) is 28.9 Å². The number of carbonyl (C=O) groups is 1. The van der Waals surface area contributed by atoms with Crippen molar-refractivity contribution < 1.29 is 9.72 Å². The van der Waals surface area contributed by atoms with Gasteiger partial charge < -0.3 is 10.6 Å². The quantitative estimate of drug-likeness (QED) is 0.429. The van der Waals surface area contributed by atoms with E-state index in [4.69, 9.17) is 6.42 Å². The molecule has 0 atom stereocenters. The Balaban J connectivity index is 2.61. The molecule has 0 aliphatic heterocycles. The van der Waals surface area contributed by atoms with Gasteiger partial charge in [-0.2, -0.15) is 0 Å². The van der Waals surface area contributed by atoms with Gasteiger partial charge in [0.25, 0.3) is 0 Å². The number of hydrogen-bond acceptors (Lipinski definition) is 5. The van der Waals surface area contributed by atoms with E-state index in [0.717, 1.165) is 0 Å². The highest BCUT2D eigenvalue weighted by Crippen LogP contribution is 2.19. The summed E-state index contributed by atoms with van der Waals surface area (Å²) in [5, 5.41) is 15.6. The molecule has 0 bridgehead atoms. The van der Waals surface area contributed by atoms with Crippen molar-refractivity contribution in [2.24, 2.45) is 0 Å². The second-order valence-corrected chi connectivity index (χ2v) is 2.96. The van der Waals surface area contributed by atoms with E-state index in [1.54, 1.807) is 0 Å². The summed E-state index contributed by atoms with van der Waals surface area (Å²) in [6.07, 6.45) is 6.36. The van der Waals surface area contributed by atoms with Crippen LogP contribution in [0, 0.1) is 22.5 Å². The monoisotopic (exact) mass is 234 g/mol. The summed E-state index contributed by atoms with van der Waals surface area (Å²) in [6.45, 7) is -0.00957. The number of aromatic nitrogens is 1. The van der Waals surface area contributed by atoms with Crippen LogP contribution in [0.5, 0.6) is 0 Å². The van der Waals surface area contributed by atoms with Crippen LogP contribution in [0.1, 0.15) is 0 Å². The summed E-state index contributed by atoms with van der Waals surface area (Å²) >= 11 is 0. The third kappa shape index (κ3) is 3.79. The Bertz CT molecular complexity index is 467. The molecule has 0 aliphatic carbocycles. The second kappa shape index (κ2) is 6.07. The fraction of sp³-hybridized carbons (Fsp3) is 0.200. The van der Waals surface area contributed by atoms with Crippen LogP contribution in [0.4, 0.5) is 11.5 Å². The third-order valence-corrected chi connectivity index (χ3v) is 1.79. The number of nitro groups is 1. The van der Waals surface area contributed by atoms with Crippen molar-refractivity contribution in [1.29, 1.82) is 0 Å². The van der Waals surface area contributed by atoms with Gasteiger partial charge in [-0.05, 0) is 6.07 Å². The highest BCUT2D eigenvalue weighted by Gasteiger charge is 2.14. The van der Waals surface area contributed by atoms with Gasteiger partial charge in [0.15, 0.2) is 0 Å². The zero-order chi connectivity index (χ0) is 12.7. The molecule has 0 saturated carbocycles. The van der Waals surface area contributed by atoms with E-state index >= 15 is 0 Å². The normalized spacial score (nSPS) is 9.12. The summed E-state index contributed by atoms with van der Waals surface area (Å²) in [5.74, 6) is 1.93. The van der Waals surface area contributed by atoms with Crippen LogP contribution >= 0.6 is 0 Å². The van der Waals surface area contributed by atoms with Gasteiger partial charge in [-0.15, -0.1) is 6.42 Å². The molecule has 1 rings (SSSR count). The van der Waals surface area contributed by atoms with E-state index < -0.39 is 4.92 Å². The second-order valence-electron chi connectivity index (χ2n) is 2.96. The van der Waals surface area contributed by atoms with Crippen LogP contribution in [0.2, 0.25) is 0 Å². The first-order chi connectivity index (χ1) is 8.15. The van der Waals surface area contributed by atoms with Crippen LogP contribution < -0.4 is 10.6 Å². The topological polar surface area (TPSA) is 97.2 Å². The fourth-order valence-electron chi connectivity index (χ4n) is 1.06. The molecular weight excluding hydrogens is 224 g/mol. The lowest BCUT2D eigenvalue weighted by Crippen LogP contribution is -2.30. The molecule has 0 saturated heterocycles. The molecule has 0 spiro atoms. The molecule has 17 heavy (non-hydrogen) atoms. The number of anilines is 1. The Labute approximate surface area is 97.4 Å². The van der Waals surface area contributed by atoms with Gasteiger partial charge in [-0.1, -0.05) is 5.92 Å². The first-order valence-electron chi connectivity index (χ1n) is 4.68. The Morgan fingerprint density at radius 3 is 3.06 bits per heavy atom. The van der Waals surface area contributed by atoms with Gasteiger partial charge >= 0.3 is 5.69 Å². The van der Waals surface area contributed by atoms with E-state index in [1.165, 1.54) is 18.3 Å². The lowest BCUT2D eigenvalue weighted by atomic mass is 10.4. The molecule has 1 aromatic heterocycles. The average molecular weight is 234 g/mol. The molecule has 2 N–H and O–H groups in total. The molecule has 0 unspecified atom stereocenters. The van der Waals surface area contributed by atoms with Gasteiger partial charge in [0.2, 0.25) is 11.7 Å². The predicted octanol–water partition coefficient (Wildman–Crippen LogP) is 0.151. The maximum absolute atomic E-state index is 11.2. The number of nitrogens with one attached hydrogen (secondary N) is 2. The smallest absolute Gasteiger partial charge is 0.311 e. The van der Waals surface area contributed by atoms with Crippen molar-refractivity contribution in [2.45, 2.75) is 0 Å². The lowest BCUT2D eigenvalue weighted by Gasteiger charge is -2.05. The largest absolute Gasteiger partial charge is 0.355 e. The zero-order valence-corrected chi connectivity index (χ0v) is 8.84. The molecule has 1 amide bonds. The fourth-order valence-corrected chi connectivity index (χ4v) is 1.06. The Hall–Kier alpha value is -2.62. The van der Waals surface area contributed by atoms with Gasteiger partial charge in [-0.3, -0.25) is 14.9 Å². The van der Waals surface area contributed by atoms with E-state index in [1.807, 2.05) is 0 Å². The van der Waals surface area contributed by atoms with Crippen molar-refractivity contribution in [1.82, 2.24) is 10.3 Å². The van der Waals surface area contributed by atoms with Crippen molar-refractivity contribution in [3.05, 3.63) is 28.4 Å². The van der Waals surface area contributed by atoms with E-state index in [-0.39, 0.29) is 30.5 Å². The maximum Gasteiger partial charge on any atom is 0.311 e. The number of hydrogen-bond donors (Lipinski definition) is 2. The minimum absolute atomic E-state index is 0.0494. The van der Waals surface area contributed by atoms with Crippen LogP contribution in [-0.2, 0) is 4.79 Å². The Morgan fingerprint density at radius 1 is 1.65 bits per heavy atom. The Kier molecular flexibility index (Phi) is 4.45. The van der Waals surface area contributed by atoms with E-state index in [2.05, 4.69) is 21.5 Å². The molecule has 1 heterocycles. The van der Waals surface area contributed by atoms with Crippen LogP contribution in [0.3, 0.4) is 0 Å². The van der Waals surface area contributed by atoms with Gasteiger partial charge in [0.1, 0.15) is 0 Å². The molecule has 7 heteroatoms. The summed E-state index contributed by atoms with van der Waals surface area (Å²) < 4.78 is 0. The molecule has 88 valence electrons. The summed E-state index contributed by atoms with van der Waals surface area (Å²) in [4.78, 5) is 25.0. The van der Waals surface area contributed by atoms with Crippen molar-refractivity contribution in [2.75, 3.05) is 18.4 Å². The molecule has 0 fully saturated rings. The van der Waals surface area contributed by atoms with E-state index in [0.29, 0.717) is 0 Å². The molecule has 1 aromatic rings. The molecular formula is C10H10N4O3. The molecule has 0 radical (unpaired) electrons. The van der Waals surface area contributed by atoms with Gasteiger partial charge in [0, 0.05) is 12.3 Å². The zero-order valence-electron chi connectivity index (χ0n) is 8.84. The first kappa shape index (κ1) is 12.4. The minimum Gasteiger partial charge on any atom is -0.355 e. The number of nitrogens with zero attached hydrogens (tertiary/aromatic N) is 2. The highest BCUT2D eigenvalue weighted by atomic mass is 16.6. The molecule has 0 aromatic carbocycles. The summed E-state index contributed by atoms with van der Waals surface area (Å²) in [5.41, 5.74) is -0.183. The highest BCUT2D eigenvalue weighted by molar-refractivity contribution is 5.81. The van der Waals surface area contributed by atoms with Gasteiger partial charge in [-0.25, -0.2) is 4.98 Å². The number of terminal acetylenes is 1. The first-order valence-corrected chi connectivity index (χ1v) is 4.68. The average Bonchev–Trinajstić information content (AvgIpc) is 2.34. The third-order valence-electron chi connectivity index (χ3n) is 1.79. The Morgan fingerprint density at radius 2 is 2.41 bits per heavy atom. The van der Waals surface area contributed by atoms with Crippen LogP contribution in [0.25, 0.3) is 0 Å². The molecule has 0 aliphatic rings. The predicted molar refractivity (Wildman–Crippen MR) is 61.2 cm³/mol. The van der Waals surface area contributed by atoms with Gasteiger partial charge in [0.05, 0.1) is 18.0 Å². The lowest BCUT2D eigenvalue weighted by molar-refractivity contribution is -0.384. The van der Waals surface area contributed by atoms with Crippen molar-refractivity contribution in [3.63, 3.8) is 0 Å². The number of rotatable bonds is 5. The SMILES string of the molecule is C#CCNC(=O)CNc1ncccc1[N+](=O)[O-]. The maximum atomic E-state index is 11.2.